The minimum absolute atomic E-state index is 0.0613. The zero-order valence-electron chi connectivity index (χ0n) is 15.7. The van der Waals surface area contributed by atoms with E-state index in [1.165, 1.54) is 0 Å². The zero-order chi connectivity index (χ0) is 19.5. The molecule has 142 valence electrons. The molecule has 4 rings (SSSR count). The number of nitrogens with two attached hydrogens (primary N) is 1. The molecule has 0 unspecified atom stereocenters. The summed E-state index contributed by atoms with van der Waals surface area (Å²) in [6.07, 6.45) is 5.31. The van der Waals surface area contributed by atoms with Gasteiger partial charge >= 0.3 is 0 Å². The second-order valence-electron chi connectivity index (χ2n) is 6.68. The highest BCUT2D eigenvalue weighted by molar-refractivity contribution is 5.84. The van der Waals surface area contributed by atoms with Crippen molar-refractivity contribution in [3.8, 4) is 17.2 Å². The third-order valence-corrected chi connectivity index (χ3v) is 4.67. The molecule has 0 saturated heterocycles. The zero-order valence-corrected chi connectivity index (χ0v) is 15.7. The van der Waals surface area contributed by atoms with Crippen LogP contribution in [0.25, 0.3) is 28.1 Å². The summed E-state index contributed by atoms with van der Waals surface area (Å²) in [5, 5.41) is 14.7. The van der Waals surface area contributed by atoms with E-state index in [4.69, 9.17) is 10.7 Å². The first-order chi connectivity index (χ1) is 13.7. The van der Waals surface area contributed by atoms with Gasteiger partial charge in [0.2, 0.25) is 0 Å². The molecule has 0 amide bonds. The van der Waals surface area contributed by atoms with Gasteiger partial charge in [0, 0.05) is 23.2 Å². The highest BCUT2D eigenvalue weighted by Gasteiger charge is 2.12. The minimum atomic E-state index is -0.144. The second kappa shape index (κ2) is 7.84. The minimum Gasteiger partial charge on any atom is -0.390 e. The molecule has 1 aromatic carbocycles. The number of hydrogen-bond acceptors (Lipinski definition) is 6. The summed E-state index contributed by atoms with van der Waals surface area (Å²) >= 11 is 0. The van der Waals surface area contributed by atoms with Crippen LogP contribution in [0.5, 0.6) is 0 Å². The van der Waals surface area contributed by atoms with Crippen LogP contribution in [0.3, 0.4) is 0 Å². The van der Waals surface area contributed by atoms with E-state index in [0.717, 1.165) is 40.7 Å². The van der Waals surface area contributed by atoms with E-state index < -0.39 is 0 Å². The molecule has 1 atom stereocenters. The summed E-state index contributed by atoms with van der Waals surface area (Å²) in [7, 11) is 0. The fourth-order valence-electron chi connectivity index (χ4n) is 3.19. The van der Waals surface area contributed by atoms with Crippen molar-refractivity contribution in [2.24, 2.45) is 5.73 Å². The number of fused-ring (bicyclic) bond motifs is 1. The SMILES string of the molecule is CCC[C@H](N)c1cccc(-c2ccc3cnn(-c4nccc(CO)n4)c3c2)n1. The topological polar surface area (TPSA) is 103 Å². The van der Waals surface area contributed by atoms with Crippen LogP contribution in [0.4, 0.5) is 0 Å². The molecule has 0 bridgehead atoms. The number of nitrogens with zero attached hydrogens (tertiary/aromatic N) is 5. The Morgan fingerprint density at radius 1 is 1.14 bits per heavy atom. The Morgan fingerprint density at radius 2 is 2.04 bits per heavy atom. The van der Waals surface area contributed by atoms with Crippen LogP contribution in [0.15, 0.2) is 54.9 Å². The van der Waals surface area contributed by atoms with Gasteiger partial charge in [0.1, 0.15) is 0 Å². The van der Waals surface area contributed by atoms with Gasteiger partial charge in [0.05, 0.1) is 35.4 Å². The maximum atomic E-state index is 9.34. The van der Waals surface area contributed by atoms with Crippen LogP contribution in [0.2, 0.25) is 0 Å². The number of hydrogen-bond donors (Lipinski definition) is 2. The standard InChI is InChI=1S/C21H22N6O/c1-2-4-17(22)19-6-3-5-18(26-19)14-7-8-15-12-24-27(20(15)11-14)21-23-10-9-16(13-28)25-21/h3,5-12,17,28H,2,4,13,22H2,1H3/t17-/m0/s1. The fourth-order valence-corrected chi connectivity index (χ4v) is 3.19. The molecule has 28 heavy (non-hydrogen) atoms. The highest BCUT2D eigenvalue weighted by Crippen LogP contribution is 2.25. The van der Waals surface area contributed by atoms with Gasteiger partial charge in [-0.05, 0) is 30.7 Å². The molecule has 0 saturated carbocycles. The van der Waals surface area contributed by atoms with Crippen molar-refractivity contribution in [3.63, 3.8) is 0 Å². The Kier molecular flexibility index (Phi) is 5.10. The summed E-state index contributed by atoms with van der Waals surface area (Å²) in [4.78, 5) is 13.4. The van der Waals surface area contributed by atoms with Crippen molar-refractivity contribution < 1.29 is 5.11 Å². The normalized spacial score (nSPS) is 12.4. The molecule has 4 aromatic rings. The first-order valence-corrected chi connectivity index (χ1v) is 9.33. The summed E-state index contributed by atoms with van der Waals surface area (Å²) in [5.74, 6) is 0.422. The Labute approximate surface area is 162 Å². The lowest BCUT2D eigenvalue weighted by atomic mass is 10.1. The van der Waals surface area contributed by atoms with Crippen LogP contribution in [0, 0.1) is 0 Å². The van der Waals surface area contributed by atoms with E-state index in [9.17, 15) is 5.11 Å². The first kappa shape index (κ1) is 18.2. The molecule has 7 nitrogen and oxygen atoms in total. The molecule has 0 radical (unpaired) electrons. The summed E-state index contributed by atoms with van der Waals surface area (Å²) in [6.45, 7) is 1.97. The monoisotopic (exact) mass is 374 g/mol. The van der Waals surface area contributed by atoms with Gasteiger partial charge in [-0.2, -0.15) is 9.78 Å². The molecule has 7 heteroatoms. The van der Waals surface area contributed by atoms with Gasteiger partial charge in [-0.15, -0.1) is 0 Å². The van der Waals surface area contributed by atoms with Crippen molar-refractivity contribution in [1.82, 2.24) is 24.7 Å². The van der Waals surface area contributed by atoms with Crippen LogP contribution in [0.1, 0.15) is 37.2 Å². The quantitative estimate of drug-likeness (QED) is 0.537. The van der Waals surface area contributed by atoms with Crippen molar-refractivity contribution in [1.29, 1.82) is 0 Å². The predicted molar refractivity (Wildman–Crippen MR) is 108 cm³/mol. The predicted octanol–water partition coefficient (Wildman–Crippen LogP) is 3.17. The van der Waals surface area contributed by atoms with Crippen LogP contribution in [-0.4, -0.2) is 29.8 Å². The van der Waals surface area contributed by atoms with E-state index >= 15 is 0 Å². The lowest BCUT2D eigenvalue weighted by molar-refractivity contribution is 0.276. The molecule has 0 fully saturated rings. The molecule has 3 N–H and O–H groups in total. The third kappa shape index (κ3) is 3.49. The highest BCUT2D eigenvalue weighted by atomic mass is 16.3. The van der Waals surface area contributed by atoms with E-state index in [1.54, 1.807) is 23.1 Å². The van der Waals surface area contributed by atoms with Gasteiger partial charge in [0.25, 0.3) is 5.95 Å². The summed E-state index contributed by atoms with van der Waals surface area (Å²) in [6, 6.07) is 13.6. The van der Waals surface area contributed by atoms with Gasteiger partial charge in [-0.3, -0.25) is 4.98 Å². The lowest BCUT2D eigenvalue weighted by Crippen LogP contribution is -2.11. The average molecular weight is 374 g/mol. The molecular formula is C21H22N6O. The molecule has 3 aromatic heterocycles. The lowest BCUT2D eigenvalue weighted by Gasteiger charge is -2.11. The van der Waals surface area contributed by atoms with Crippen molar-refractivity contribution in [2.45, 2.75) is 32.4 Å². The Bertz CT molecular complexity index is 1110. The second-order valence-corrected chi connectivity index (χ2v) is 6.68. The van der Waals surface area contributed by atoms with Crippen LogP contribution in [-0.2, 0) is 6.61 Å². The summed E-state index contributed by atoms with van der Waals surface area (Å²) < 4.78 is 1.67. The molecular weight excluding hydrogens is 352 g/mol. The van der Waals surface area contributed by atoms with E-state index in [2.05, 4.69) is 22.0 Å². The number of rotatable bonds is 6. The van der Waals surface area contributed by atoms with Gasteiger partial charge in [-0.1, -0.05) is 31.5 Å². The van der Waals surface area contributed by atoms with Crippen molar-refractivity contribution in [3.05, 3.63) is 66.2 Å². The van der Waals surface area contributed by atoms with E-state index in [0.29, 0.717) is 11.6 Å². The number of aliphatic hydroxyl groups excluding tert-OH is 1. The van der Waals surface area contributed by atoms with Gasteiger partial charge < -0.3 is 10.8 Å². The number of aromatic nitrogens is 5. The molecule has 3 heterocycles. The van der Waals surface area contributed by atoms with E-state index in [1.807, 2.05) is 36.4 Å². The number of aliphatic hydroxyl groups is 1. The number of benzene rings is 1. The number of pyridine rings is 1. The van der Waals surface area contributed by atoms with Gasteiger partial charge in [-0.25, -0.2) is 9.97 Å². The van der Waals surface area contributed by atoms with Crippen molar-refractivity contribution >= 4 is 10.9 Å². The molecule has 0 spiro atoms. The van der Waals surface area contributed by atoms with E-state index in [-0.39, 0.29) is 12.6 Å². The molecule has 0 aliphatic rings. The smallest absolute Gasteiger partial charge is 0.251 e. The Balaban J connectivity index is 1.77. The first-order valence-electron chi connectivity index (χ1n) is 9.33. The molecule has 0 aliphatic carbocycles. The Hall–Kier alpha value is -3.16. The third-order valence-electron chi connectivity index (χ3n) is 4.67. The molecule has 0 aliphatic heterocycles. The van der Waals surface area contributed by atoms with Crippen molar-refractivity contribution in [2.75, 3.05) is 0 Å². The van der Waals surface area contributed by atoms with Crippen LogP contribution < -0.4 is 5.73 Å². The average Bonchev–Trinajstić information content (AvgIpc) is 3.17. The van der Waals surface area contributed by atoms with Gasteiger partial charge in [0.15, 0.2) is 0 Å². The summed E-state index contributed by atoms with van der Waals surface area (Å²) in [5.41, 5.74) is 10.4. The Morgan fingerprint density at radius 3 is 2.86 bits per heavy atom. The maximum Gasteiger partial charge on any atom is 0.251 e. The maximum absolute atomic E-state index is 9.34. The fraction of sp³-hybridized carbons (Fsp3) is 0.238. The van der Waals surface area contributed by atoms with Crippen LogP contribution >= 0.6 is 0 Å². The largest absolute Gasteiger partial charge is 0.390 e.